The summed E-state index contributed by atoms with van der Waals surface area (Å²) in [6, 6.07) is 10.9. The van der Waals surface area contributed by atoms with Gasteiger partial charge in [-0.05, 0) is 17.9 Å². The molecular weight excluding hydrogens is 276 g/mol. The highest BCUT2D eigenvalue weighted by Crippen LogP contribution is 2.23. The van der Waals surface area contributed by atoms with Crippen molar-refractivity contribution in [1.82, 2.24) is 9.80 Å². The second-order valence-corrected chi connectivity index (χ2v) is 6.30. The molecule has 22 heavy (non-hydrogen) atoms. The van der Waals surface area contributed by atoms with Crippen molar-refractivity contribution in [3.05, 3.63) is 35.9 Å². The Hall–Kier alpha value is -1.39. The molecule has 1 aliphatic heterocycles. The Kier molecular flexibility index (Phi) is 6.40. The first kappa shape index (κ1) is 17.0. The number of carbonyl (C=O) groups is 1. The third-order valence-corrected chi connectivity index (χ3v) is 4.60. The number of hydrogen-bond acceptors (Lipinski definition) is 3. The van der Waals surface area contributed by atoms with Gasteiger partial charge in [-0.15, -0.1) is 0 Å². The van der Waals surface area contributed by atoms with E-state index in [4.69, 9.17) is 4.74 Å². The zero-order valence-corrected chi connectivity index (χ0v) is 14.0. The lowest BCUT2D eigenvalue weighted by atomic mass is 9.92. The number of amides is 1. The van der Waals surface area contributed by atoms with Gasteiger partial charge in [0, 0.05) is 39.8 Å². The molecule has 0 N–H and O–H groups in total. The summed E-state index contributed by atoms with van der Waals surface area (Å²) in [5, 5.41) is 0. The van der Waals surface area contributed by atoms with Crippen molar-refractivity contribution in [3.63, 3.8) is 0 Å². The molecule has 0 unspecified atom stereocenters. The highest BCUT2D eigenvalue weighted by molar-refractivity contribution is 5.76. The smallest absolute Gasteiger partial charge is 0.224 e. The van der Waals surface area contributed by atoms with Crippen molar-refractivity contribution in [1.29, 1.82) is 0 Å². The second kappa shape index (κ2) is 8.30. The minimum atomic E-state index is 0.190. The van der Waals surface area contributed by atoms with Gasteiger partial charge in [-0.25, -0.2) is 0 Å². The van der Waals surface area contributed by atoms with Gasteiger partial charge in [0.2, 0.25) is 5.91 Å². The average molecular weight is 304 g/mol. The summed E-state index contributed by atoms with van der Waals surface area (Å²) in [6.07, 6.45) is 1.52. The van der Waals surface area contributed by atoms with Crippen LogP contribution in [0.15, 0.2) is 30.3 Å². The molecule has 0 saturated carbocycles. The average Bonchev–Trinajstić information content (AvgIpc) is 2.53. The largest absolute Gasteiger partial charge is 0.384 e. The van der Waals surface area contributed by atoms with Crippen molar-refractivity contribution in [2.45, 2.75) is 32.4 Å². The Labute approximate surface area is 134 Å². The van der Waals surface area contributed by atoms with Crippen molar-refractivity contribution >= 4 is 5.91 Å². The van der Waals surface area contributed by atoms with Crippen LogP contribution < -0.4 is 0 Å². The lowest BCUT2D eigenvalue weighted by molar-refractivity contribution is -0.135. The molecule has 0 radical (unpaired) electrons. The van der Waals surface area contributed by atoms with Crippen LogP contribution >= 0.6 is 0 Å². The van der Waals surface area contributed by atoms with E-state index >= 15 is 0 Å². The van der Waals surface area contributed by atoms with Crippen molar-refractivity contribution in [2.75, 3.05) is 33.9 Å². The van der Waals surface area contributed by atoms with Crippen LogP contribution in [-0.4, -0.2) is 55.6 Å². The number of rotatable bonds is 6. The lowest BCUT2D eigenvalue weighted by Gasteiger charge is -2.41. The maximum Gasteiger partial charge on any atom is 0.224 e. The number of hydrogen-bond donors (Lipinski definition) is 0. The topological polar surface area (TPSA) is 32.8 Å². The van der Waals surface area contributed by atoms with Crippen LogP contribution in [0.2, 0.25) is 0 Å². The molecule has 1 heterocycles. The molecule has 4 heteroatoms. The van der Waals surface area contributed by atoms with Crippen molar-refractivity contribution in [3.8, 4) is 0 Å². The Bertz CT molecular complexity index is 463. The summed E-state index contributed by atoms with van der Waals surface area (Å²) in [4.78, 5) is 16.6. The van der Waals surface area contributed by atoms with E-state index in [1.807, 2.05) is 11.9 Å². The Morgan fingerprint density at radius 3 is 2.73 bits per heavy atom. The van der Waals surface area contributed by atoms with Crippen LogP contribution in [0.25, 0.3) is 0 Å². The summed E-state index contributed by atoms with van der Waals surface area (Å²) >= 11 is 0. The predicted octanol–water partition coefficient (Wildman–Crippen LogP) is 2.39. The number of carbonyl (C=O) groups excluding carboxylic acids is 1. The second-order valence-electron chi connectivity index (χ2n) is 6.30. The first-order valence-electron chi connectivity index (χ1n) is 8.12. The van der Waals surface area contributed by atoms with Crippen molar-refractivity contribution < 1.29 is 9.53 Å². The van der Waals surface area contributed by atoms with Gasteiger partial charge >= 0.3 is 0 Å². The molecule has 0 aliphatic carbocycles. The summed E-state index contributed by atoms with van der Waals surface area (Å²) in [5.74, 6) is 0.684. The van der Waals surface area contributed by atoms with Crippen molar-refractivity contribution in [2.24, 2.45) is 5.92 Å². The fourth-order valence-electron chi connectivity index (χ4n) is 3.33. The maximum absolute atomic E-state index is 12.2. The van der Waals surface area contributed by atoms with E-state index in [9.17, 15) is 4.79 Å². The molecule has 1 fully saturated rings. The molecule has 2 atom stereocenters. The van der Waals surface area contributed by atoms with Crippen LogP contribution in [0.3, 0.4) is 0 Å². The zero-order valence-electron chi connectivity index (χ0n) is 14.0. The minimum absolute atomic E-state index is 0.190. The van der Waals surface area contributed by atoms with Gasteiger partial charge in [0.15, 0.2) is 0 Å². The van der Waals surface area contributed by atoms with Crippen LogP contribution in [-0.2, 0) is 16.1 Å². The third kappa shape index (κ3) is 4.55. The Morgan fingerprint density at radius 2 is 2.09 bits per heavy atom. The lowest BCUT2D eigenvalue weighted by Crippen LogP contribution is -2.50. The molecule has 4 nitrogen and oxygen atoms in total. The molecule has 1 aliphatic rings. The Morgan fingerprint density at radius 1 is 1.36 bits per heavy atom. The zero-order chi connectivity index (χ0) is 15.9. The number of piperidine rings is 1. The monoisotopic (exact) mass is 304 g/mol. The summed E-state index contributed by atoms with van der Waals surface area (Å²) < 4.78 is 5.00. The number of benzene rings is 1. The Balaban J connectivity index is 1.85. The molecule has 0 bridgehead atoms. The highest BCUT2D eigenvalue weighted by atomic mass is 16.5. The quantitative estimate of drug-likeness (QED) is 0.809. The van der Waals surface area contributed by atoms with E-state index in [0.717, 1.165) is 26.1 Å². The molecule has 122 valence electrons. The fourth-order valence-corrected chi connectivity index (χ4v) is 3.33. The molecule has 1 amide bonds. The maximum atomic E-state index is 12.2. The predicted molar refractivity (Wildman–Crippen MR) is 88.6 cm³/mol. The van der Waals surface area contributed by atoms with Gasteiger partial charge in [-0.2, -0.15) is 0 Å². The van der Waals surface area contributed by atoms with E-state index < -0.39 is 0 Å². The first-order valence-corrected chi connectivity index (χ1v) is 8.12. The van der Waals surface area contributed by atoms with E-state index in [-0.39, 0.29) is 5.91 Å². The van der Waals surface area contributed by atoms with Crippen LogP contribution in [0.1, 0.15) is 25.3 Å². The van der Waals surface area contributed by atoms with Crippen LogP contribution in [0.5, 0.6) is 0 Å². The van der Waals surface area contributed by atoms with E-state index in [0.29, 0.717) is 25.0 Å². The molecule has 0 spiro atoms. The van der Waals surface area contributed by atoms with Crippen LogP contribution in [0.4, 0.5) is 0 Å². The third-order valence-electron chi connectivity index (χ3n) is 4.60. The van der Waals surface area contributed by atoms with Gasteiger partial charge in [-0.3, -0.25) is 9.69 Å². The summed E-state index contributed by atoms with van der Waals surface area (Å²) in [6.45, 7) is 5.85. The summed E-state index contributed by atoms with van der Waals surface area (Å²) in [7, 11) is 3.57. The van der Waals surface area contributed by atoms with Gasteiger partial charge < -0.3 is 9.64 Å². The van der Waals surface area contributed by atoms with Crippen LogP contribution in [0, 0.1) is 5.92 Å². The van der Waals surface area contributed by atoms with E-state index in [1.165, 1.54) is 5.56 Å². The fraction of sp³-hybridized carbons (Fsp3) is 0.611. The van der Waals surface area contributed by atoms with Gasteiger partial charge in [0.1, 0.15) is 0 Å². The molecule has 0 aromatic heterocycles. The van der Waals surface area contributed by atoms with Gasteiger partial charge in [0.25, 0.3) is 0 Å². The minimum Gasteiger partial charge on any atom is -0.384 e. The number of likely N-dealkylation sites (tertiary alicyclic amines) is 1. The molecule has 2 rings (SSSR count). The number of ether oxygens (including phenoxy) is 1. The molecule has 1 aromatic rings. The standard InChI is InChI=1S/C18H28N2O2/c1-15-13-20(14-16-7-5-4-6-8-16)11-9-17(15)19(2)18(21)10-12-22-3/h4-8,15,17H,9-14H2,1-3H3/t15-,17-/m0/s1. The first-order chi connectivity index (χ1) is 10.6. The molecular formula is C18H28N2O2. The van der Waals surface area contributed by atoms with Gasteiger partial charge in [-0.1, -0.05) is 37.3 Å². The number of nitrogens with zero attached hydrogens (tertiary/aromatic N) is 2. The normalized spacial score (nSPS) is 22.5. The molecule has 1 aromatic carbocycles. The SMILES string of the molecule is COCCC(=O)N(C)[C@H]1CCN(Cc2ccccc2)C[C@@H]1C. The van der Waals surface area contributed by atoms with E-state index in [2.05, 4.69) is 42.2 Å². The number of methoxy groups -OCH3 is 1. The molecule has 1 saturated heterocycles. The highest BCUT2D eigenvalue weighted by Gasteiger charge is 2.30. The van der Waals surface area contributed by atoms with E-state index in [1.54, 1.807) is 7.11 Å². The summed E-state index contributed by atoms with van der Waals surface area (Å²) in [5.41, 5.74) is 1.36. The van der Waals surface area contributed by atoms with Gasteiger partial charge in [0.05, 0.1) is 13.0 Å².